The molecule has 3 fully saturated rings. The molecule has 3 aliphatic rings. The Morgan fingerprint density at radius 2 is 1.90 bits per heavy atom. The summed E-state index contributed by atoms with van der Waals surface area (Å²) < 4.78 is 0. The number of likely N-dealkylation sites (tertiary alicyclic amines) is 1. The van der Waals surface area contributed by atoms with Crippen molar-refractivity contribution in [3.05, 3.63) is 0 Å². The van der Waals surface area contributed by atoms with Crippen LogP contribution in [0.2, 0.25) is 0 Å². The van der Waals surface area contributed by atoms with Gasteiger partial charge in [-0.1, -0.05) is 19.3 Å². The third kappa shape index (κ3) is 2.84. The van der Waals surface area contributed by atoms with Crippen LogP contribution in [0.5, 0.6) is 0 Å². The summed E-state index contributed by atoms with van der Waals surface area (Å²) in [4.78, 5) is 25.4. The third-order valence-corrected chi connectivity index (χ3v) is 5.51. The molecule has 4 nitrogen and oxygen atoms in total. The zero-order chi connectivity index (χ0) is 14.1. The van der Waals surface area contributed by atoms with Crippen LogP contribution in [0.3, 0.4) is 0 Å². The molecule has 0 bridgehead atoms. The highest BCUT2D eigenvalue weighted by atomic mass is 16.4. The van der Waals surface area contributed by atoms with Crippen molar-refractivity contribution in [3.63, 3.8) is 0 Å². The Bertz CT molecular complexity index is 391. The summed E-state index contributed by atoms with van der Waals surface area (Å²) in [7, 11) is 0. The first kappa shape index (κ1) is 13.9. The zero-order valence-electron chi connectivity index (χ0n) is 12.1. The molecule has 2 saturated carbocycles. The molecular formula is C16H25NO3. The fourth-order valence-electron chi connectivity index (χ4n) is 3.98. The predicted octanol–water partition coefficient (Wildman–Crippen LogP) is 2.67. The summed E-state index contributed by atoms with van der Waals surface area (Å²) in [6, 6.07) is 0.176. The lowest BCUT2D eigenvalue weighted by atomic mass is 9.81. The van der Waals surface area contributed by atoms with Crippen LogP contribution >= 0.6 is 0 Å². The SMILES string of the molecule is O=C(O)CCC1CCCCN1C(=O)[C@@H]1C[C@H]1C1CCC1. The smallest absolute Gasteiger partial charge is 0.303 e. The summed E-state index contributed by atoms with van der Waals surface area (Å²) in [5.41, 5.74) is 0. The van der Waals surface area contributed by atoms with E-state index in [1.807, 2.05) is 4.90 Å². The first-order valence-electron chi connectivity index (χ1n) is 8.19. The monoisotopic (exact) mass is 279 g/mol. The first-order valence-corrected chi connectivity index (χ1v) is 8.19. The van der Waals surface area contributed by atoms with Crippen molar-refractivity contribution in [2.24, 2.45) is 17.8 Å². The van der Waals surface area contributed by atoms with E-state index in [0.717, 1.165) is 38.1 Å². The van der Waals surface area contributed by atoms with Crippen LogP contribution in [-0.2, 0) is 9.59 Å². The van der Waals surface area contributed by atoms with Crippen molar-refractivity contribution >= 4 is 11.9 Å². The maximum Gasteiger partial charge on any atom is 0.303 e. The summed E-state index contributed by atoms with van der Waals surface area (Å²) in [5, 5.41) is 8.84. The number of rotatable bonds is 5. The van der Waals surface area contributed by atoms with Gasteiger partial charge >= 0.3 is 5.97 Å². The van der Waals surface area contributed by atoms with Crippen molar-refractivity contribution in [2.75, 3.05) is 6.54 Å². The molecule has 0 aromatic carbocycles. The van der Waals surface area contributed by atoms with Gasteiger partial charge in [0.25, 0.3) is 0 Å². The number of amides is 1. The van der Waals surface area contributed by atoms with Gasteiger partial charge in [-0.2, -0.15) is 0 Å². The van der Waals surface area contributed by atoms with Crippen molar-refractivity contribution in [3.8, 4) is 0 Å². The minimum absolute atomic E-state index is 0.176. The lowest BCUT2D eigenvalue weighted by molar-refractivity contribution is -0.141. The van der Waals surface area contributed by atoms with Crippen molar-refractivity contribution in [2.45, 2.75) is 63.8 Å². The van der Waals surface area contributed by atoms with E-state index >= 15 is 0 Å². The van der Waals surface area contributed by atoms with E-state index in [0.29, 0.717) is 18.2 Å². The molecular weight excluding hydrogens is 254 g/mol. The van der Waals surface area contributed by atoms with Gasteiger partial charge in [0.1, 0.15) is 0 Å². The molecule has 0 aromatic heterocycles. The molecule has 1 N–H and O–H groups in total. The fourth-order valence-corrected chi connectivity index (χ4v) is 3.98. The van der Waals surface area contributed by atoms with Gasteiger partial charge in [-0.25, -0.2) is 0 Å². The van der Waals surface area contributed by atoms with Gasteiger partial charge in [-0.05, 0) is 43.9 Å². The number of piperidine rings is 1. The Morgan fingerprint density at radius 3 is 2.55 bits per heavy atom. The average Bonchev–Trinajstić information content (AvgIpc) is 3.14. The molecule has 1 heterocycles. The molecule has 1 unspecified atom stereocenters. The van der Waals surface area contributed by atoms with Gasteiger partial charge in [0.2, 0.25) is 5.91 Å². The second kappa shape index (κ2) is 5.74. The molecule has 0 aromatic rings. The Morgan fingerprint density at radius 1 is 1.10 bits per heavy atom. The molecule has 1 aliphatic heterocycles. The summed E-state index contributed by atoms with van der Waals surface area (Å²) in [5.74, 6) is 1.31. The van der Waals surface area contributed by atoms with E-state index in [-0.39, 0.29) is 18.4 Å². The molecule has 112 valence electrons. The maximum atomic E-state index is 12.6. The van der Waals surface area contributed by atoms with Crippen molar-refractivity contribution < 1.29 is 14.7 Å². The largest absolute Gasteiger partial charge is 0.481 e. The number of carbonyl (C=O) groups excluding carboxylic acids is 1. The van der Waals surface area contributed by atoms with E-state index < -0.39 is 5.97 Å². The van der Waals surface area contributed by atoms with E-state index in [9.17, 15) is 9.59 Å². The van der Waals surface area contributed by atoms with Crippen LogP contribution in [0.25, 0.3) is 0 Å². The standard InChI is InChI=1S/C16H25NO3/c18-15(19)8-7-12-6-1-2-9-17(12)16(20)14-10-13(14)11-4-3-5-11/h11-14H,1-10H2,(H,18,19)/t12?,13-,14+/m0/s1. The van der Waals surface area contributed by atoms with Crippen LogP contribution in [-0.4, -0.2) is 34.5 Å². The zero-order valence-corrected chi connectivity index (χ0v) is 12.1. The molecule has 2 aliphatic carbocycles. The highest BCUT2D eigenvalue weighted by Gasteiger charge is 2.50. The molecule has 20 heavy (non-hydrogen) atoms. The van der Waals surface area contributed by atoms with E-state index in [1.54, 1.807) is 0 Å². The number of carboxylic acids is 1. The maximum absolute atomic E-state index is 12.6. The van der Waals surface area contributed by atoms with Crippen LogP contribution in [0.4, 0.5) is 0 Å². The molecule has 1 saturated heterocycles. The number of aliphatic carboxylic acids is 1. The lowest BCUT2D eigenvalue weighted by Gasteiger charge is -2.36. The second-order valence-corrected chi connectivity index (χ2v) is 6.81. The molecule has 3 atom stereocenters. The van der Waals surface area contributed by atoms with Gasteiger partial charge in [-0.3, -0.25) is 9.59 Å². The van der Waals surface area contributed by atoms with Crippen LogP contribution in [0, 0.1) is 17.8 Å². The Hall–Kier alpha value is -1.06. The summed E-state index contributed by atoms with van der Waals surface area (Å²) in [6.07, 6.45) is 9.07. The Labute approximate surface area is 120 Å². The lowest BCUT2D eigenvalue weighted by Crippen LogP contribution is -2.45. The van der Waals surface area contributed by atoms with E-state index in [4.69, 9.17) is 5.11 Å². The highest BCUT2D eigenvalue weighted by molar-refractivity contribution is 5.82. The van der Waals surface area contributed by atoms with Gasteiger partial charge in [0.15, 0.2) is 0 Å². The van der Waals surface area contributed by atoms with Gasteiger partial charge in [0.05, 0.1) is 0 Å². The van der Waals surface area contributed by atoms with Gasteiger partial charge in [-0.15, -0.1) is 0 Å². The van der Waals surface area contributed by atoms with Crippen molar-refractivity contribution in [1.82, 2.24) is 4.90 Å². The second-order valence-electron chi connectivity index (χ2n) is 6.81. The molecule has 4 heteroatoms. The minimum atomic E-state index is -0.748. The van der Waals surface area contributed by atoms with Gasteiger partial charge < -0.3 is 10.0 Å². The molecule has 0 spiro atoms. The quantitative estimate of drug-likeness (QED) is 0.841. The molecule has 0 radical (unpaired) electrons. The number of carboxylic acid groups (broad SMARTS) is 1. The summed E-state index contributed by atoms with van der Waals surface area (Å²) in [6.45, 7) is 0.844. The predicted molar refractivity (Wildman–Crippen MR) is 75.2 cm³/mol. The summed E-state index contributed by atoms with van der Waals surface area (Å²) >= 11 is 0. The molecule has 3 rings (SSSR count). The topological polar surface area (TPSA) is 57.6 Å². The average molecular weight is 279 g/mol. The number of nitrogens with zero attached hydrogens (tertiary/aromatic N) is 1. The Kier molecular flexibility index (Phi) is 3.99. The minimum Gasteiger partial charge on any atom is -0.481 e. The van der Waals surface area contributed by atoms with Gasteiger partial charge in [0, 0.05) is 24.9 Å². The van der Waals surface area contributed by atoms with E-state index in [1.165, 1.54) is 19.3 Å². The van der Waals surface area contributed by atoms with E-state index in [2.05, 4.69) is 0 Å². The number of hydrogen-bond donors (Lipinski definition) is 1. The fraction of sp³-hybridized carbons (Fsp3) is 0.875. The normalized spacial score (nSPS) is 33.6. The number of hydrogen-bond acceptors (Lipinski definition) is 2. The first-order chi connectivity index (χ1) is 9.66. The van der Waals surface area contributed by atoms with Crippen LogP contribution in [0.1, 0.15) is 57.8 Å². The van der Waals surface area contributed by atoms with Crippen LogP contribution < -0.4 is 0 Å². The highest BCUT2D eigenvalue weighted by Crippen LogP contribution is 2.52. The third-order valence-electron chi connectivity index (χ3n) is 5.51. The van der Waals surface area contributed by atoms with Crippen LogP contribution in [0.15, 0.2) is 0 Å². The number of carbonyl (C=O) groups is 2. The Balaban J connectivity index is 1.55. The molecule has 1 amide bonds. The van der Waals surface area contributed by atoms with Crippen molar-refractivity contribution in [1.29, 1.82) is 0 Å².